The fraction of sp³-hybridized carbons (Fsp3) is 0.889. The SMILES string of the molecule is CCCCCCN1CCOC1=O. The van der Waals surface area contributed by atoms with E-state index in [1.165, 1.54) is 19.3 Å². The van der Waals surface area contributed by atoms with Crippen LogP contribution in [-0.2, 0) is 4.74 Å². The summed E-state index contributed by atoms with van der Waals surface area (Å²) in [6.07, 6.45) is 4.71. The van der Waals surface area contributed by atoms with Crippen LogP contribution in [0.5, 0.6) is 0 Å². The van der Waals surface area contributed by atoms with Gasteiger partial charge in [0.25, 0.3) is 0 Å². The molecule has 0 aliphatic carbocycles. The third-order valence-electron chi connectivity index (χ3n) is 2.13. The summed E-state index contributed by atoms with van der Waals surface area (Å²) in [6.45, 7) is 4.42. The second-order valence-corrected chi connectivity index (χ2v) is 3.16. The second kappa shape index (κ2) is 5.01. The largest absolute Gasteiger partial charge is 0.448 e. The highest BCUT2D eigenvalue weighted by Crippen LogP contribution is 2.06. The summed E-state index contributed by atoms with van der Waals surface area (Å²) in [5.41, 5.74) is 0. The highest BCUT2D eigenvalue weighted by molar-refractivity contribution is 5.69. The first-order chi connectivity index (χ1) is 5.84. The summed E-state index contributed by atoms with van der Waals surface area (Å²) in [5, 5.41) is 0. The molecule has 0 unspecified atom stereocenters. The molecule has 70 valence electrons. The number of hydrogen-bond donors (Lipinski definition) is 0. The Balaban J connectivity index is 2.02. The lowest BCUT2D eigenvalue weighted by molar-refractivity contribution is 0.158. The quantitative estimate of drug-likeness (QED) is 0.592. The van der Waals surface area contributed by atoms with Crippen molar-refractivity contribution in [2.75, 3.05) is 19.7 Å². The average molecular weight is 171 g/mol. The second-order valence-electron chi connectivity index (χ2n) is 3.16. The van der Waals surface area contributed by atoms with Gasteiger partial charge in [-0.05, 0) is 6.42 Å². The van der Waals surface area contributed by atoms with Gasteiger partial charge in [0, 0.05) is 6.54 Å². The first kappa shape index (κ1) is 9.36. The van der Waals surface area contributed by atoms with Gasteiger partial charge in [-0.25, -0.2) is 4.79 Å². The van der Waals surface area contributed by atoms with Gasteiger partial charge in [-0.15, -0.1) is 0 Å². The van der Waals surface area contributed by atoms with E-state index in [4.69, 9.17) is 4.74 Å². The molecule has 1 aliphatic rings. The first-order valence-electron chi connectivity index (χ1n) is 4.76. The standard InChI is InChI=1S/C9H17NO2/c1-2-3-4-5-6-10-7-8-12-9(10)11/h2-8H2,1H3. The number of hydrogen-bond acceptors (Lipinski definition) is 2. The van der Waals surface area contributed by atoms with E-state index in [1.54, 1.807) is 4.90 Å². The van der Waals surface area contributed by atoms with Crippen molar-refractivity contribution in [1.29, 1.82) is 0 Å². The fourth-order valence-corrected chi connectivity index (χ4v) is 1.36. The minimum atomic E-state index is -0.133. The van der Waals surface area contributed by atoms with Crippen molar-refractivity contribution in [3.8, 4) is 0 Å². The van der Waals surface area contributed by atoms with Gasteiger partial charge in [0.15, 0.2) is 0 Å². The molecule has 1 saturated heterocycles. The van der Waals surface area contributed by atoms with Crippen LogP contribution in [0.4, 0.5) is 4.79 Å². The number of carbonyl (C=O) groups excluding carboxylic acids is 1. The first-order valence-corrected chi connectivity index (χ1v) is 4.76. The van der Waals surface area contributed by atoms with Gasteiger partial charge in [0.2, 0.25) is 0 Å². The molecular formula is C9H17NO2. The predicted molar refractivity (Wildman–Crippen MR) is 47.1 cm³/mol. The molecule has 1 rings (SSSR count). The molecule has 3 heteroatoms. The highest BCUT2D eigenvalue weighted by Gasteiger charge is 2.20. The Morgan fingerprint density at radius 1 is 1.42 bits per heavy atom. The molecule has 0 atom stereocenters. The molecule has 12 heavy (non-hydrogen) atoms. The number of carbonyl (C=O) groups is 1. The number of unbranched alkanes of at least 4 members (excludes halogenated alkanes) is 3. The molecule has 0 bridgehead atoms. The van der Waals surface area contributed by atoms with Gasteiger partial charge < -0.3 is 9.64 Å². The van der Waals surface area contributed by atoms with Crippen molar-refractivity contribution < 1.29 is 9.53 Å². The molecule has 0 aromatic carbocycles. The van der Waals surface area contributed by atoms with E-state index >= 15 is 0 Å². The lowest BCUT2D eigenvalue weighted by atomic mass is 10.2. The Morgan fingerprint density at radius 3 is 2.83 bits per heavy atom. The van der Waals surface area contributed by atoms with Crippen LogP contribution < -0.4 is 0 Å². The average Bonchev–Trinajstić information content (AvgIpc) is 2.46. The van der Waals surface area contributed by atoms with E-state index in [0.29, 0.717) is 6.61 Å². The van der Waals surface area contributed by atoms with Gasteiger partial charge in [-0.1, -0.05) is 26.2 Å². The fourth-order valence-electron chi connectivity index (χ4n) is 1.36. The molecule has 0 aromatic rings. The van der Waals surface area contributed by atoms with E-state index in [9.17, 15) is 4.79 Å². The zero-order valence-corrected chi connectivity index (χ0v) is 7.71. The Labute approximate surface area is 73.7 Å². The highest BCUT2D eigenvalue weighted by atomic mass is 16.6. The summed E-state index contributed by atoms with van der Waals surface area (Å²) in [5.74, 6) is 0. The van der Waals surface area contributed by atoms with E-state index in [0.717, 1.165) is 19.5 Å². The smallest absolute Gasteiger partial charge is 0.409 e. The number of ether oxygens (including phenoxy) is 1. The molecule has 0 aromatic heterocycles. The zero-order valence-electron chi connectivity index (χ0n) is 7.71. The lowest BCUT2D eigenvalue weighted by Gasteiger charge is -2.11. The third kappa shape index (κ3) is 2.72. The van der Waals surface area contributed by atoms with Gasteiger partial charge in [-0.2, -0.15) is 0 Å². The maximum absolute atomic E-state index is 10.9. The zero-order chi connectivity index (χ0) is 8.81. The van der Waals surface area contributed by atoms with Crippen molar-refractivity contribution >= 4 is 6.09 Å². The molecule has 1 aliphatic heterocycles. The number of amides is 1. The summed E-state index contributed by atoms with van der Waals surface area (Å²) in [4.78, 5) is 12.7. The molecule has 0 saturated carbocycles. The summed E-state index contributed by atoms with van der Waals surface area (Å²) < 4.78 is 4.81. The number of rotatable bonds is 5. The Kier molecular flexibility index (Phi) is 3.91. The van der Waals surface area contributed by atoms with Gasteiger partial charge >= 0.3 is 6.09 Å². The Hall–Kier alpha value is -0.730. The third-order valence-corrected chi connectivity index (χ3v) is 2.13. The minimum absolute atomic E-state index is 0.133. The number of cyclic esters (lactones) is 1. The van der Waals surface area contributed by atoms with Crippen LogP contribution in [0.15, 0.2) is 0 Å². The van der Waals surface area contributed by atoms with E-state index in [1.807, 2.05) is 0 Å². The van der Waals surface area contributed by atoms with Crippen LogP contribution in [0.2, 0.25) is 0 Å². The Morgan fingerprint density at radius 2 is 2.25 bits per heavy atom. The topological polar surface area (TPSA) is 29.5 Å². The van der Waals surface area contributed by atoms with Crippen molar-refractivity contribution in [3.05, 3.63) is 0 Å². The summed E-state index contributed by atoms with van der Waals surface area (Å²) in [7, 11) is 0. The summed E-state index contributed by atoms with van der Waals surface area (Å²) >= 11 is 0. The lowest BCUT2D eigenvalue weighted by Crippen LogP contribution is -2.25. The molecule has 0 N–H and O–H groups in total. The van der Waals surface area contributed by atoms with Crippen LogP contribution >= 0.6 is 0 Å². The van der Waals surface area contributed by atoms with Crippen molar-refractivity contribution in [3.63, 3.8) is 0 Å². The molecule has 0 spiro atoms. The van der Waals surface area contributed by atoms with Crippen LogP contribution in [0.3, 0.4) is 0 Å². The van der Waals surface area contributed by atoms with Crippen molar-refractivity contribution in [2.45, 2.75) is 32.6 Å². The minimum Gasteiger partial charge on any atom is -0.448 e. The van der Waals surface area contributed by atoms with Crippen LogP contribution in [0.25, 0.3) is 0 Å². The normalized spacial score (nSPS) is 16.8. The Bertz CT molecular complexity index is 147. The molecular weight excluding hydrogens is 154 g/mol. The predicted octanol–water partition coefficient (Wildman–Crippen LogP) is 2.02. The van der Waals surface area contributed by atoms with Gasteiger partial charge in [-0.3, -0.25) is 0 Å². The molecule has 3 nitrogen and oxygen atoms in total. The molecule has 1 fully saturated rings. The summed E-state index contributed by atoms with van der Waals surface area (Å²) in [6, 6.07) is 0. The van der Waals surface area contributed by atoms with E-state index < -0.39 is 0 Å². The monoisotopic (exact) mass is 171 g/mol. The van der Waals surface area contributed by atoms with E-state index in [2.05, 4.69) is 6.92 Å². The molecule has 1 amide bonds. The maximum Gasteiger partial charge on any atom is 0.409 e. The van der Waals surface area contributed by atoms with Crippen LogP contribution in [-0.4, -0.2) is 30.7 Å². The van der Waals surface area contributed by atoms with Gasteiger partial charge in [0.1, 0.15) is 6.61 Å². The number of nitrogens with zero attached hydrogens (tertiary/aromatic N) is 1. The van der Waals surface area contributed by atoms with Gasteiger partial charge in [0.05, 0.1) is 6.54 Å². The van der Waals surface area contributed by atoms with Crippen LogP contribution in [0.1, 0.15) is 32.6 Å². The van der Waals surface area contributed by atoms with Crippen molar-refractivity contribution in [1.82, 2.24) is 4.90 Å². The van der Waals surface area contributed by atoms with Crippen LogP contribution in [0, 0.1) is 0 Å². The molecule has 0 radical (unpaired) electrons. The van der Waals surface area contributed by atoms with Crippen molar-refractivity contribution in [2.24, 2.45) is 0 Å². The molecule has 1 heterocycles. The van der Waals surface area contributed by atoms with E-state index in [-0.39, 0.29) is 6.09 Å². The maximum atomic E-state index is 10.9.